The Morgan fingerprint density at radius 3 is 2.52 bits per heavy atom. The van der Waals surface area contributed by atoms with Crippen molar-refractivity contribution < 1.29 is 9.59 Å². The van der Waals surface area contributed by atoms with Crippen LogP contribution in [0.25, 0.3) is 6.08 Å². The summed E-state index contributed by atoms with van der Waals surface area (Å²) in [5, 5.41) is 2.75. The molecule has 144 valence electrons. The van der Waals surface area contributed by atoms with Crippen molar-refractivity contribution in [2.24, 2.45) is 0 Å². The number of benzene rings is 1. The summed E-state index contributed by atoms with van der Waals surface area (Å²) in [6.45, 7) is 3.12. The van der Waals surface area contributed by atoms with Crippen molar-refractivity contribution in [3.05, 3.63) is 38.7 Å². The third kappa shape index (κ3) is 5.01. The van der Waals surface area contributed by atoms with Gasteiger partial charge in [0.15, 0.2) is 0 Å². The lowest BCUT2D eigenvalue weighted by Gasteiger charge is -2.32. The van der Waals surface area contributed by atoms with E-state index >= 15 is 0 Å². The Morgan fingerprint density at radius 1 is 1.26 bits per heavy atom. The average Bonchev–Trinajstić information content (AvgIpc) is 2.88. The smallest absolute Gasteiger partial charge is 0.266 e. The Morgan fingerprint density at radius 2 is 1.89 bits per heavy atom. The SMILES string of the molecule is CN1CCN(NC(=O)CN2C(=O)C(=Cc3c(Cl)cccc3Cl)SC2=S)CC1. The second kappa shape index (κ2) is 8.89. The van der Waals surface area contributed by atoms with E-state index in [1.807, 2.05) is 12.1 Å². The molecule has 0 atom stereocenters. The van der Waals surface area contributed by atoms with E-state index < -0.39 is 0 Å². The highest BCUT2D eigenvalue weighted by atomic mass is 35.5. The van der Waals surface area contributed by atoms with Gasteiger partial charge in [0.2, 0.25) is 0 Å². The molecular weight excluding hydrogens is 427 g/mol. The Kier molecular flexibility index (Phi) is 6.78. The second-order valence-corrected chi connectivity index (χ2v) is 8.72. The first-order valence-electron chi connectivity index (χ1n) is 8.27. The van der Waals surface area contributed by atoms with Gasteiger partial charge < -0.3 is 4.90 Å². The number of nitrogens with one attached hydrogen (secondary N) is 1. The third-order valence-corrected chi connectivity index (χ3v) is 6.27. The van der Waals surface area contributed by atoms with Crippen LogP contribution in [-0.4, -0.2) is 70.7 Å². The maximum absolute atomic E-state index is 12.7. The number of rotatable bonds is 4. The summed E-state index contributed by atoms with van der Waals surface area (Å²) in [6, 6.07) is 5.13. The standard InChI is InChI=1S/C17H18Cl2N4O2S2/c1-21-5-7-22(8-6-21)20-15(24)10-23-16(25)14(27-17(23)26)9-11-12(18)3-2-4-13(11)19/h2-4,9H,5-8,10H2,1H3,(H,20,24). The van der Waals surface area contributed by atoms with Gasteiger partial charge in [-0.1, -0.05) is 53.2 Å². The molecule has 6 nitrogen and oxygen atoms in total. The molecule has 1 N–H and O–H groups in total. The van der Waals surface area contributed by atoms with Crippen molar-refractivity contribution in [2.75, 3.05) is 39.8 Å². The fourth-order valence-electron chi connectivity index (χ4n) is 2.69. The van der Waals surface area contributed by atoms with E-state index in [-0.39, 0.29) is 18.4 Å². The minimum absolute atomic E-state index is 0.120. The maximum atomic E-state index is 12.7. The van der Waals surface area contributed by atoms with Gasteiger partial charge in [-0.2, -0.15) is 0 Å². The molecule has 0 saturated carbocycles. The molecule has 0 bridgehead atoms. The van der Waals surface area contributed by atoms with Gasteiger partial charge in [-0.3, -0.25) is 19.9 Å². The van der Waals surface area contributed by atoms with E-state index in [0.29, 0.717) is 24.8 Å². The zero-order chi connectivity index (χ0) is 19.6. The van der Waals surface area contributed by atoms with E-state index in [1.165, 1.54) is 4.90 Å². The van der Waals surface area contributed by atoms with Gasteiger partial charge in [0, 0.05) is 41.8 Å². The Hall–Kier alpha value is -1.16. The van der Waals surface area contributed by atoms with Crippen LogP contribution >= 0.6 is 47.2 Å². The van der Waals surface area contributed by atoms with Crippen molar-refractivity contribution in [1.29, 1.82) is 0 Å². The first kappa shape index (κ1) is 20.6. The number of amides is 2. The second-order valence-electron chi connectivity index (χ2n) is 6.23. The first-order valence-corrected chi connectivity index (χ1v) is 10.3. The maximum Gasteiger partial charge on any atom is 0.266 e. The first-order chi connectivity index (χ1) is 12.8. The van der Waals surface area contributed by atoms with Crippen LogP contribution in [0, 0.1) is 0 Å². The number of likely N-dealkylation sites (N-methyl/N-ethyl adjacent to an activating group) is 1. The molecule has 0 unspecified atom stereocenters. The van der Waals surface area contributed by atoms with Crippen molar-refractivity contribution in [3.8, 4) is 0 Å². The molecule has 3 rings (SSSR count). The molecule has 0 spiro atoms. The van der Waals surface area contributed by atoms with Crippen LogP contribution in [0.5, 0.6) is 0 Å². The zero-order valence-corrected chi connectivity index (χ0v) is 17.7. The molecule has 2 heterocycles. The molecule has 2 saturated heterocycles. The predicted octanol–water partition coefficient (Wildman–Crippen LogP) is 2.47. The Labute approximate surface area is 177 Å². The van der Waals surface area contributed by atoms with Gasteiger partial charge >= 0.3 is 0 Å². The van der Waals surface area contributed by atoms with Crippen LogP contribution in [0.15, 0.2) is 23.1 Å². The molecular formula is C17H18Cl2N4O2S2. The van der Waals surface area contributed by atoms with Gasteiger partial charge in [0.05, 0.1) is 4.91 Å². The van der Waals surface area contributed by atoms with E-state index in [4.69, 9.17) is 35.4 Å². The van der Waals surface area contributed by atoms with Gasteiger partial charge in [-0.05, 0) is 25.3 Å². The number of carbonyl (C=O) groups excluding carboxylic acids is 2. The highest BCUT2D eigenvalue weighted by Gasteiger charge is 2.34. The molecule has 1 aromatic carbocycles. The monoisotopic (exact) mass is 444 g/mol. The average molecular weight is 445 g/mol. The molecule has 27 heavy (non-hydrogen) atoms. The van der Waals surface area contributed by atoms with Gasteiger partial charge in [-0.25, -0.2) is 5.01 Å². The van der Waals surface area contributed by atoms with Crippen molar-refractivity contribution in [2.45, 2.75) is 0 Å². The fraction of sp³-hybridized carbons (Fsp3) is 0.353. The summed E-state index contributed by atoms with van der Waals surface area (Å²) in [4.78, 5) is 28.9. The van der Waals surface area contributed by atoms with Crippen molar-refractivity contribution in [1.82, 2.24) is 20.2 Å². The number of nitrogens with zero attached hydrogens (tertiary/aromatic N) is 3. The molecule has 0 aliphatic carbocycles. The molecule has 0 radical (unpaired) electrons. The summed E-state index contributed by atoms with van der Waals surface area (Å²) in [6.07, 6.45) is 1.61. The molecule has 1 aromatic rings. The van der Waals surface area contributed by atoms with Crippen molar-refractivity contribution >= 4 is 69.4 Å². The number of hydrazine groups is 1. The molecule has 2 amide bonds. The quantitative estimate of drug-likeness (QED) is 0.568. The lowest BCUT2D eigenvalue weighted by Crippen LogP contribution is -2.54. The number of hydrogen-bond donors (Lipinski definition) is 1. The summed E-state index contributed by atoms with van der Waals surface area (Å²) in [5.41, 5.74) is 3.39. The molecule has 2 fully saturated rings. The van der Waals surface area contributed by atoms with Gasteiger partial charge in [-0.15, -0.1) is 0 Å². The number of piperazine rings is 1. The fourth-order valence-corrected chi connectivity index (χ4v) is 4.43. The van der Waals surface area contributed by atoms with Crippen LogP contribution in [0.4, 0.5) is 0 Å². The highest BCUT2D eigenvalue weighted by Crippen LogP contribution is 2.35. The number of thiocarbonyl (C=S) groups is 1. The van der Waals surface area contributed by atoms with Crippen LogP contribution in [0.2, 0.25) is 10.0 Å². The topological polar surface area (TPSA) is 55.9 Å². The normalized spacial score (nSPS) is 20.6. The minimum Gasteiger partial charge on any atom is -0.304 e. The largest absolute Gasteiger partial charge is 0.304 e. The van der Waals surface area contributed by atoms with Crippen LogP contribution in [-0.2, 0) is 9.59 Å². The zero-order valence-electron chi connectivity index (χ0n) is 14.6. The summed E-state index contributed by atoms with van der Waals surface area (Å²) >= 11 is 18.7. The predicted molar refractivity (Wildman–Crippen MR) is 114 cm³/mol. The van der Waals surface area contributed by atoms with Crippen LogP contribution < -0.4 is 5.43 Å². The summed E-state index contributed by atoms with van der Waals surface area (Å²) in [7, 11) is 2.04. The number of halogens is 2. The number of carbonyl (C=O) groups is 2. The van der Waals surface area contributed by atoms with Gasteiger partial charge in [0.25, 0.3) is 11.8 Å². The lowest BCUT2D eigenvalue weighted by atomic mass is 10.2. The van der Waals surface area contributed by atoms with Gasteiger partial charge in [0.1, 0.15) is 10.9 Å². The summed E-state index contributed by atoms with van der Waals surface area (Å²) in [5.74, 6) is -0.595. The van der Waals surface area contributed by atoms with Crippen molar-refractivity contribution in [3.63, 3.8) is 0 Å². The highest BCUT2D eigenvalue weighted by molar-refractivity contribution is 8.26. The summed E-state index contributed by atoms with van der Waals surface area (Å²) < 4.78 is 0.336. The molecule has 2 aliphatic rings. The number of hydrogen-bond acceptors (Lipinski definition) is 6. The minimum atomic E-state index is -0.325. The Bertz CT molecular complexity index is 790. The van der Waals surface area contributed by atoms with E-state index in [1.54, 1.807) is 24.3 Å². The third-order valence-electron chi connectivity index (χ3n) is 4.24. The van der Waals surface area contributed by atoms with E-state index in [0.717, 1.165) is 37.9 Å². The van der Waals surface area contributed by atoms with E-state index in [2.05, 4.69) is 10.3 Å². The van der Waals surface area contributed by atoms with E-state index in [9.17, 15) is 9.59 Å². The lowest BCUT2D eigenvalue weighted by molar-refractivity contribution is -0.132. The number of thioether (sulfide) groups is 1. The molecule has 10 heteroatoms. The van der Waals surface area contributed by atoms with Crippen LogP contribution in [0.3, 0.4) is 0 Å². The Balaban J connectivity index is 1.66. The van der Waals surface area contributed by atoms with Crippen LogP contribution in [0.1, 0.15) is 5.56 Å². The molecule has 0 aromatic heterocycles. The molecule has 2 aliphatic heterocycles.